The maximum absolute atomic E-state index is 13.0. The molecule has 0 spiro atoms. The van der Waals surface area contributed by atoms with Crippen molar-refractivity contribution in [1.29, 1.82) is 0 Å². The standard InChI is InChI=1S/C11H13FN4/c1-6-5-8(12)3-4-9(6)10-11(13)16(14)7(2)15-10/h3-5H,13-14H2,1-2H3. The van der Waals surface area contributed by atoms with Crippen molar-refractivity contribution in [2.75, 3.05) is 11.6 Å². The van der Waals surface area contributed by atoms with Gasteiger partial charge in [0.15, 0.2) is 5.82 Å². The Morgan fingerprint density at radius 1 is 1.31 bits per heavy atom. The first-order chi connectivity index (χ1) is 7.50. The van der Waals surface area contributed by atoms with Gasteiger partial charge in [0.1, 0.15) is 17.3 Å². The smallest absolute Gasteiger partial charge is 0.150 e. The molecule has 0 radical (unpaired) electrons. The minimum absolute atomic E-state index is 0.274. The molecule has 1 aromatic heterocycles. The number of imidazole rings is 1. The molecule has 2 aromatic rings. The van der Waals surface area contributed by atoms with E-state index in [1.807, 2.05) is 6.92 Å². The fourth-order valence-electron chi connectivity index (χ4n) is 1.65. The monoisotopic (exact) mass is 220 g/mol. The number of aryl methyl sites for hydroxylation is 2. The van der Waals surface area contributed by atoms with Crippen LogP contribution in [0.5, 0.6) is 0 Å². The van der Waals surface area contributed by atoms with E-state index in [-0.39, 0.29) is 5.82 Å². The van der Waals surface area contributed by atoms with Gasteiger partial charge < -0.3 is 11.6 Å². The second-order valence-electron chi connectivity index (χ2n) is 3.72. The third-order valence-electron chi connectivity index (χ3n) is 2.57. The van der Waals surface area contributed by atoms with Crippen LogP contribution in [0.1, 0.15) is 11.4 Å². The molecular formula is C11H13FN4. The summed E-state index contributed by atoms with van der Waals surface area (Å²) in [5.41, 5.74) is 8.00. The molecule has 16 heavy (non-hydrogen) atoms. The van der Waals surface area contributed by atoms with Crippen molar-refractivity contribution in [3.05, 3.63) is 35.4 Å². The van der Waals surface area contributed by atoms with E-state index < -0.39 is 0 Å². The van der Waals surface area contributed by atoms with Crippen LogP contribution in [0, 0.1) is 19.7 Å². The van der Waals surface area contributed by atoms with E-state index >= 15 is 0 Å². The average Bonchev–Trinajstić information content (AvgIpc) is 2.46. The molecule has 5 heteroatoms. The van der Waals surface area contributed by atoms with Gasteiger partial charge in [-0.3, -0.25) is 0 Å². The van der Waals surface area contributed by atoms with Crippen LogP contribution in [-0.2, 0) is 0 Å². The fraction of sp³-hybridized carbons (Fsp3) is 0.182. The molecule has 0 aliphatic heterocycles. The van der Waals surface area contributed by atoms with Crippen molar-refractivity contribution in [2.45, 2.75) is 13.8 Å². The second kappa shape index (κ2) is 3.52. The van der Waals surface area contributed by atoms with Gasteiger partial charge in [0.2, 0.25) is 0 Å². The van der Waals surface area contributed by atoms with Crippen LogP contribution in [0.2, 0.25) is 0 Å². The van der Waals surface area contributed by atoms with Crippen LogP contribution in [0.15, 0.2) is 18.2 Å². The minimum Gasteiger partial charge on any atom is -0.382 e. The zero-order valence-electron chi connectivity index (χ0n) is 9.16. The summed E-state index contributed by atoms with van der Waals surface area (Å²) in [6, 6.07) is 4.48. The summed E-state index contributed by atoms with van der Waals surface area (Å²) in [5.74, 6) is 6.40. The van der Waals surface area contributed by atoms with Gasteiger partial charge in [-0.25, -0.2) is 14.1 Å². The highest BCUT2D eigenvalue weighted by Gasteiger charge is 2.13. The SMILES string of the molecule is Cc1cc(F)ccc1-c1nc(C)n(N)c1N. The predicted octanol–water partition coefficient (Wildman–Crippen LogP) is 1.60. The molecule has 0 fully saturated rings. The quantitative estimate of drug-likeness (QED) is 0.717. The van der Waals surface area contributed by atoms with Gasteiger partial charge >= 0.3 is 0 Å². The molecular weight excluding hydrogens is 207 g/mol. The first kappa shape index (κ1) is 10.5. The Bertz CT molecular complexity index is 545. The van der Waals surface area contributed by atoms with E-state index in [2.05, 4.69) is 4.98 Å². The Morgan fingerprint density at radius 3 is 2.50 bits per heavy atom. The van der Waals surface area contributed by atoms with Crippen LogP contribution in [0.25, 0.3) is 11.3 Å². The van der Waals surface area contributed by atoms with E-state index in [1.165, 1.54) is 16.8 Å². The largest absolute Gasteiger partial charge is 0.382 e. The van der Waals surface area contributed by atoms with Gasteiger partial charge in [-0.1, -0.05) is 0 Å². The summed E-state index contributed by atoms with van der Waals surface area (Å²) in [6.07, 6.45) is 0. The van der Waals surface area contributed by atoms with Gasteiger partial charge in [-0.15, -0.1) is 0 Å². The first-order valence-electron chi connectivity index (χ1n) is 4.87. The third-order valence-corrected chi connectivity index (χ3v) is 2.57. The topological polar surface area (TPSA) is 69.9 Å². The molecule has 1 heterocycles. The second-order valence-corrected chi connectivity index (χ2v) is 3.72. The van der Waals surface area contributed by atoms with Crippen molar-refractivity contribution < 1.29 is 4.39 Å². The molecule has 0 bridgehead atoms. The molecule has 84 valence electrons. The molecule has 0 aliphatic carbocycles. The van der Waals surface area contributed by atoms with Gasteiger partial charge in [0.05, 0.1) is 0 Å². The normalized spacial score (nSPS) is 10.7. The van der Waals surface area contributed by atoms with Gasteiger partial charge in [0, 0.05) is 5.56 Å². The minimum atomic E-state index is -0.274. The highest BCUT2D eigenvalue weighted by Crippen LogP contribution is 2.27. The Hall–Kier alpha value is -2.04. The van der Waals surface area contributed by atoms with Crippen molar-refractivity contribution in [3.63, 3.8) is 0 Å². The number of halogens is 1. The molecule has 4 N–H and O–H groups in total. The summed E-state index contributed by atoms with van der Waals surface area (Å²) in [5, 5.41) is 0. The zero-order chi connectivity index (χ0) is 11.9. The number of benzene rings is 1. The Balaban J connectivity index is 2.63. The van der Waals surface area contributed by atoms with Crippen LogP contribution in [0.3, 0.4) is 0 Å². The number of hydrogen-bond donors (Lipinski definition) is 2. The summed E-state index contributed by atoms with van der Waals surface area (Å²) >= 11 is 0. The Labute approximate surface area is 92.7 Å². The van der Waals surface area contributed by atoms with Crippen molar-refractivity contribution >= 4 is 5.82 Å². The number of anilines is 1. The summed E-state index contributed by atoms with van der Waals surface area (Å²) in [7, 11) is 0. The number of nitrogens with two attached hydrogens (primary N) is 2. The van der Waals surface area contributed by atoms with Crippen molar-refractivity contribution in [3.8, 4) is 11.3 Å². The lowest BCUT2D eigenvalue weighted by Crippen LogP contribution is -2.13. The molecule has 0 unspecified atom stereocenters. The summed E-state index contributed by atoms with van der Waals surface area (Å²) < 4.78 is 14.3. The predicted molar refractivity (Wildman–Crippen MR) is 61.7 cm³/mol. The van der Waals surface area contributed by atoms with Gasteiger partial charge in [-0.05, 0) is 37.6 Å². The average molecular weight is 220 g/mol. The zero-order valence-corrected chi connectivity index (χ0v) is 9.16. The maximum atomic E-state index is 13.0. The molecule has 4 nitrogen and oxygen atoms in total. The maximum Gasteiger partial charge on any atom is 0.150 e. The van der Waals surface area contributed by atoms with Gasteiger partial charge in [-0.2, -0.15) is 0 Å². The van der Waals surface area contributed by atoms with E-state index in [0.29, 0.717) is 17.3 Å². The lowest BCUT2D eigenvalue weighted by Gasteiger charge is -2.04. The van der Waals surface area contributed by atoms with E-state index in [9.17, 15) is 4.39 Å². The van der Waals surface area contributed by atoms with Crippen molar-refractivity contribution in [2.24, 2.45) is 0 Å². The number of nitrogens with zero attached hydrogens (tertiary/aromatic N) is 2. The van der Waals surface area contributed by atoms with Crippen molar-refractivity contribution in [1.82, 2.24) is 9.66 Å². The van der Waals surface area contributed by atoms with E-state index in [4.69, 9.17) is 11.6 Å². The van der Waals surface area contributed by atoms with Gasteiger partial charge in [0.25, 0.3) is 0 Å². The first-order valence-corrected chi connectivity index (χ1v) is 4.87. The third kappa shape index (κ3) is 1.50. The summed E-state index contributed by atoms with van der Waals surface area (Å²) in [6.45, 7) is 3.57. The molecule has 0 saturated heterocycles. The molecule has 0 saturated carbocycles. The summed E-state index contributed by atoms with van der Waals surface area (Å²) in [4.78, 5) is 4.26. The van der Waals surface area contributed by atoms with E-state index in [1.54, 1.807) is 13.0 Å². The highest BCUT2D eigenvalue weighted by atomic mass is 19.1. The lowest BCUT2D eigenvalue weighted by molar-refractivity contribution is 0.627. The number of nitrogen functional groups attached to an aromatic ring is 2. The van der Waals surface area contributed by atoms with Crippen LogP contribution in [-0.4, -0.2) is 9.66 Å². The van der Waals surface area contributed by atoms with E-state index in [0.717, 1.165) is 11.1 Å². The molecule has 1 aromatic carbocycles. The highest BCUT2D eigenvalue weighted by molar-refractivity contribution is 5.73. The van der Waals surface area contributed by atoms with Crippen LogP contribution in [0.4, 0.5) is 10.2 Å². The van der Waals surface area contributed by atoms with Crippen LogP contribution >= 0.6 is 0 Å². The Kier molecular flexibility index (Phi) is 2.30. The Morgan fingerprint density at radius 2 is 2.00 bits per heavy atom. The number of hydrogen-bond acceptors (Lipinski definition) is 3. The molecule has 0 aliphatic rings. The van der Waals surface area contributed by atoms with Crippen LogP contribution < -0.4 is 11.6 Å². The lowest BCUT2D eigenvalue weighted by atomic mass is 10.1. The number of aromatic nitrogens is 2. The number of rotatable bonds is 1. The molecule has 0 amide bonds. The molecule has 2 rings (SSSR count). The molecule has 0 atom stereocenters. The fourth-order valence-corrected chi connectivity index (χ4v) is 1.65.